The Morgan fingerprint density at radius 1 is 1.18 bits per heavy atom. The molecule has 4 nitrogen and oxygen atoms in total. The van der Waals surface area contributed by atoms with E-state index in [1.54, 1.807) is 13.3 Å². The van der Waals surface area contributed by atoms with Gasteiger partial charge >= 0.3 is 6.01 Å². The van der Waals surface area contributed by atoms with Crippen molar-refractivity contribution in [2.75, 3.05) is 12.8 Å². The fourth-order valence-electron chi connectivity index (χ4n) is 1.72. The molecule has 0 fully saturated rings. The summed E-state index contributed by atoms with van der Waals surface area (Å²) >= 11 is 0. The van der Waals surface area contributed by atoms with Gasteiger partial charge in [-0.15, -0.1) is 0 Å². The summed E-state index contributed by atoms with van der Waals surface area (Å²) in [5.41, 5.74) is 10.7. The van der Waals surface area contributed by atoms with Gasteiger partial charge in [-0.3, -0.25) is 0 Å². The summed E-state index contributed by atoms with van der Waals surface area (Å²) in [4.78, 5) is 8.29. The Morgan fingerprint density at radius 3 is 2.41 bits per heavy atom. The number of rotatable bonds is 2. The van der Waals surface area contributed by atoms with E-state index in [1.807, 2.05) is 32.0 Å². The lowest BCUT2D eigenvalue weighted by Gasteiger charge is -2.08. The quantitative estimate of drug-likeness (QED) is 0.803. The first-order valence-corrected chi connectivity index (χ1v) is 5.36. The molecule has 2 aromatic rings. The first kappa shape index (κ1) is 11.4. The van der Waals surface area contributed by atoms with E-state index in [2.05, 4.69) is 9.97 Å². The second kappa shape index (κ2) is 4.41. The van der Waals surface area contributed by atoms with Crippen molar-refractivity contribution >= 4 is 5.69 Å². The smallest absolute Gasteiger partial charge is 0.316 e. The summed E-state index contributed by atoms with van der Waals surface area (Å²) in [7, 11) is 1.55. The number of aryl methyl sites for hydroxylation is 2. The third-order valence-corrected chi connectivity index (χ3v) is 2.71. The Labute approximate surface area is 100 Å². The summed E-state index contributed by atoms with van der Waals surface area (Å²) in [5.74, 6) is 0. The number of methoxy groups -OCH3 is 1. The molecule has 1 heterocycles. The highest BCUT2D eigenvalue weighted by Crippen LogP contribution is 2.25. The summed E-state index contributed by atoms with van der Waals surface area (Å²) in [5, 5.41) is 0. The summed E-state index contributed by atoms with van der Waals surface area (Å²) in [6.45, 7) is 3.98. The van der Waals surface area contributed by atoms with Crippen molar-refractivity contribution in [1.82, 2.24) is 9.97 Å². The van der Waals surface area contributed by atoms with Crippen molar-refractivity contribution in [3.8, 4) is 17.3 Å². The van der Waals surface area contributed by atoms with E-state index >= 15 is 0 Å². The molecule has 4 heteroatoms. The monoisotopic (exact) mass is 229 g/mol. The number of nitrogens with zero attached hydrogens (tertiary/aromatic N) is 2. The van der Waals surface area contributed by atoms with Crippen LogP contribution in [0.3, 0.4) is 0 Å². The van der Waals surface area contributed by atoms with E-state index in [0.29, 0.717) is 6.01 Å². The maximum atomic E-state index is 5.93. The zero-order valence-corrected chi connectivity index (χ0v) is 10.2. The van der Waals surface area contributed by atoms with Crippen LogP contribution in [-0.2, 0) is 0 Å². The van der Waals surface area contributed by atoms with Crippen molar-refractivity contribution in [2.24, 2.45) is 0 Å². The molecule has 0 amide bonds. The molecule has 0 aliphatic carbocycles. The molecule has 2 N–H and O–H groups in total. The lowest BCUT2D eigenvalue weighted by molar-refractivity contribution is 0.380. The van der Waals surface area contributed by atoms with Crippen LogP contribution in [0.25, 0.3) is 11.3 Å². The molecule has 1 aromatic carbocycles. The minimum absolute atomic E-state index is 0.370. The molecule has 0 aliphatic heterocycles. The molecule has 0 bridgehead atoms. The Morgan fingerprint density at radius 2 is 1.82 bits per heavy atom. The van der Waals surface area contributed by atoms with Crippen LogP contribution in [0.4, 0.5) is 5.69 Å². The van der Waals surface area contributed by atoms with Gasteiger partial charge < -0.3 is 10.5 Å². The van der Waals surface area contributed by atoms with E-state index in [9.17, 15) is 0 Å². The lowest BCUT2D eigenvalue weighted by atomic mass is 10.0. The fraction of sp³-hybridized carbons (Fsp3) is 0.231. The van der Waals surface area contributed by atoms with Gasteiger partial charge in [0.15, 0.2) is 0 Å². The number of hydrogen-bond acceptors (Lipinski definition) is 4. The maximum absolute atomic E-state index is 5.93. The number of nitrogens with two attached hydrogens (primary N) is 1. The zero-order chi connectivity index (χ0) is 12.4. The Kier molecular flexibility index (Phi) is 2.95. The molecule has 88 valence electrons. The highest BCUT2D eigenvalue weighted by molar-refractivity contribution is 5.67. The van der Waals surface area contributed by atoms with E-state index in [0.717, 1.165) is 28.1 Å². The molecular weight excluding hydrogens is 214 g/mol. The molecule has 0 aliphatic rings. The van der Waals surface area contributed by atoms with Crippen molar-refractivity contribution in [2.45, 2.75) is 13.8 Å². The highest BCUT2D eigenvalue weighted by Gasteiger charge is 2.06. The number of benzene rings is 1. The Balaban J connectivity index is 2.52. The SMILES string of the molecule is COc1nccc(-c2cc(C)c(N)c(C)c2)n1. The topological polar surface area (TPSA) is 61.0 Å². The number of hydrogen-bond donors (Lipinski definition) is 1. The summed E-state index contributed by atoms with van der Waals surface area (Å²) in [6.07, 6.45) is 1.68. The van der Waals surface area contributed by atoms with Crippen LogP contribution in [0.5, 0.6) is 6.01 Å². The molecule has 0 saturated carbocycles. The number of aromatic nitrogens is 2. The van der Waals surface area contributed by atoms with Gasteiger partial charge in [-0.1, -0.05) is 0 Å². The van der Waals surface area contributed by atoms with E-state index < -0.39 is 0 Å². The first-order chi connectivity index (χ1) is 8.11. The van der Waals surface area contributed by atoms with Gasteiger partial charge in [0, 0.05) is 17.4 Å². The first-order valence-electron chi connectivity index (χ1n) is 5.36. The molecule has 0 atom stereocenters. The molecule has 1 aromatic heterocycles. The number of nitrogen functional groups attached to an aromatic ring is 1. The van der Waals surface area contributed by atoms with Crippen molar-refractivity contribution < 1.29 is 4.74 Å². The van der Waals surface area contributed by atoms with Gasteiger partial charge in [-0.25, -0.2) is 4.98 Å². The number of ether oxygens (including phenoxy) is 1. The van der Waals surface area contributed by atoms with Gasteiger partial charge in [0.05, 0.1) is 12.8 Å². The average molecular weight is 229 g/mol. The predicted octanol–water partition coefficient (Wildman–Crippen LogP) is 2.35. The minimum atomic E-state index is 0.370. The van der Waals surface area contributed by atoms with E-state index in [4.69, 9.17) is 10.5 Å². The van der Waals surface area contributed by atoms with Crippen LogP contribution >= 0.6 is 0 Å². The third-order valence-electron chi connectivity index (χ3n) is 2.71. The zero-order valence-electron chi connectivity index (χ0n) is 10.2. The molecule has 0 unspecified atom stereocenters. The Hall–Kier alpha value is -2.10. The minimum Gasteiger partial charge on any atom is -0.467 e. The number of anilines is 1. The van der Waals surface area contributed by atoms with Crippen molar-refractivity contribution in [3.63, 3.8) is 0 Å². The van der Waals surface area contributed by atoms with Crippen LogP contribution in [0.2, 0.25) is 0 Å². The molecule has 0 radical (unpaired) electrons. The van der Waals surface area contributed by atoms with Crippen molar-refractivity contribution in [1.29, 1.82) is 0 Å². The van der Waals surface area contributed by atoms with Gasteiger partial charge in [0.25, 0.3) is 0 Å². The van der Waals surface area contributed by atoms with Crippen LogP contribution in [0, 0.1) is 13.8 Å². The predicted molar refractivity (Wildman–Crippen MR) is 67.9 cm³/mol. The van der Waals surface area contributed by atoms with E-state index in [1.165, 1.54) is 0 Å². The fourth-order valence-corrected chi connectivity index (χ4v) is 1.72. The second-order valence-corrected chi connectivity index (χ2v) is 3.95. The molecular formula is C13H15N3O. The molecule has 17 heavy (non-hydrogen) atoms. The molecule has 0 saturated heterocycles. The second-order valence-electron chi connectivity index (χ2n) is 3.95. The van der Waals surface area contributed by atoms with Crippen molar-refractivity contribution in [3.05, 3.63) is 35.5 Å². The van der Waals surface area contributed by atoms with Crippen LogP contribution in [0.15, 0.2) is 24.4 Å². The maximum Gasteiger partial charge on any atom is 0.316 e. The molecule has 0 spiro atoms. The van der Waals surface area contributed by atoms with Gasteiger partial charge in [0.1, 0.15) is 0 Å². The van der Waals surface area contributed by atoms with Crippen LogP contribution in [0.1, 0.15) is 11.1 Å². The summed E-state index contributed by atoms with van der Waals surface area (Å²) in [6, 6.07) is 6.26. The van der Waals surface area contributed by atoms with Gasteiger partial charge in [-0.05, 0) is 43.2 Å². The highest BCUT2D eigenvalue weighted by atomic mass is 16.5. The Bertz CT molecular complexity index is 529. The average Bonchev–Trinajstić information content (AvgIpc) is 2.35. The lowest BCUT2D eigenvalue weighted by Crippen LogP contribution is -1.96. The normalized spacial score (nSPS) is 10.3. The van der Waals surface area contributed by atoms with Crippen LogP contribution in [-0.4, -0.2) is 17.1 Å². The van der Waals surface area contributed by atoms with Gasteiger partial charge in [-0.2, -0.15) is 4.98 Å². The summed E-state index contributed by atoms with van der Waals surface area (Å²) < 4.78 is 5.01. The van der Waals surface area contributed by atoms with E-state index in [-0.39, 0.29) is 0 Å². The van der Waals surface area contributed by atoms with Crippen LogP contribution < -0.4 is 10.5 Å². The third kappa shape index (κ3) is 2.20. The van der Waals surface area contributed by atoms with Gasteiger partial charge in [0.2, 0.25) is 0 Å². The molecule has 2 rings (SSSR count). The largest absolute Gasteiger partial charge is 0.467 e. The standard InChI is InChI=1S/C13H15N3O/c1-8-6-10(7-9(2)12(8)14)11-4-5-15-13(16-11)17-3/h4-7H,14H2,1-3H3.